The highest BCUT2D eigenvalue weighted by Gasteiger charge is 2.11. The van der Waals surface area contributed by atoms with Gasteiger partial charge in [0.25, 0.3) is 0 Å². The van der Waals surface area contributed by atoms with Crippen LogP contribution in [0.2, 0.25) is 0 Å². The van der Waals surface area contributed by atoms with Crippen molar-refractivity contribution in [2.75, 3.05) is 24.7 Å². The van der Waals surface area contributed by atoms with Crippen molar-refractivity contribution in [1.82, 2.24) is 9.97 Å². The van der Waals surface area contributed by atoms with Gasteiger partial charge in [0.15, 0.2) is 5.13 Å². The van der Waals surface area contributed by atoms with Gasteiger partial charge in [-0.3, -0.25) is 0 Å². The Kier molecular flexibility index (Phi) is 3.81. The maximum Gasteiger partial charge on any atom is 0.180 e. The average molecular weight is 262 g/mol. The first kappa shape index (κ1) is 12.8. The lowest BCUT2D eigenvalue weighted by atomic mass is 10.1. The number of nitrogen functional groups attached to an aromatic ring is 1. The van der Waals surface area contributed by atoms with Crippen LogP contribution in [0.4, 0.5) is 10.9 Å². The molecule has 0 bridgehead atoms. The Morgan fingerprint density at radius 3 is 2.67 bits per heavy atom. The zero-order chi connectivity index (χ0) is 13.1. The smallest absolute Gasteiger partial charge is 0.180 e. The van der Waals surface area contributed by atoms with Crippen LogP contribution in [0.1, 0.15) is 18.2 Å². The number of hydrogen-bond acceptors (Lipinski definition) is 5. The highest BCUT2D eigenvalue weighted by atomic mass is 32.1. The first-order valence-corrected chi connectivity index (χ1v) is 6.82. The highest BCUT2D eigenvalue weighted by molar-refractivity contribution is 7.15. The molecule has 0 aliphatic heterocycles. The number of anilines is 2. The Bertz CT molecular complexity index is 516. The van der Waals surface area contributed by atoms with Gasteiger partial charge >= 0.3 is 0 Å². The maximum absolute atomic E-state index is 5.80. The molecule has 5 heteroatoms. The Morgan fingerprint density at radius 2 is 2.11 bits per heavy atom. The molecule has 0 aliphatic carbocycles. The molecule has 0 radical (unpaired) electrons. The zero-order valence-corrected chi connectivity index (χ0v) is 11.8. The molecule has 0 saturated carbocycles. The number of aryl methyl sites for hydroxylation is 1. The molecule has 2 N–H and O–H groups in total. The molecule has 0 atom stereocenters. The van der Waals surface area contributed by atoms with E-state index < -0.39 is 0 Å². The predicted octanol–water partition coefficient (Wildman–Crippen LogP) is 2.81. The summed E-state index contributed by atoms with van der Waals surface area (Å²) in [5, 5.41) is 0.630. The number of rotatable bonds is 4. The van der Waals surface area contributed by atoms with Crippen molar-refractivity contribution in [3.8, 4) is 11.3 Å². The summed E-state index contributed by atoms with van der Waals surface area (Å²) in [6.45, 7) is 2.16. The van der Waals surface area contributed by atoms with Gasteiger partial charge in [0.05, 0.1) is 5.69 Å². The van der Waals surface area contributed by atoms with E-state index in [2.05, 4.69) is 23.0 Å². The third-order valence-electron chi connectivity index (χ3n) is 2.67. The van der Waals surface area contributed by atoms with Gasteiger partial charge in [0.2, 0.25) is 0 Å². The van der Waals surface area contributed by atoms with Crippen molar-refractivity contribution >= 4 is 22.3 Å². The summed E-state index contributed by atoms with van der Waals surface area (Å²) in [6, 6.07) is 4.05. The summed E-state index contributed by atoms with van der Waals surface area (Å²) >= 11 is 1.57. The van der Waals surface area contributed by atoms with Gasteiger partial charge < -0.3 is 10.6 Å². The SMILES string of the molecule is CCCc1sc(N)nc1-c1ccc(N(C)C)nc1. The molecule has 96 valence electrons. The van der Waals surface area contributed by atoms with Gasteiger partial charge in [0.1, 0.15) is 5.82 Å². The van der Waals surface area contributed by atoms with Gasteiger partial charge in [-0.1, -0.05) is 13.3 Å². The van der Waals surface area contributed by atoms with Gasteiger partial charge in [-0.05, 0) is 18.6 Å². The van der Waals surface area contributed by atoms with Crippen molar-refractivity contribution in [3.05, 3.63) is 23.2 Å². The largest absolute Gasteiger partial charge is 0.375 e. The van der Waals surface area contributed by atoms with E-state index in [4.69, 9.17) is 5.73 Å². The van der Waals surface area contributed by atoms with Crippen molar-refractivity contribution < 1.29 is 0 Å². The molecule has 0 aromatic carbocycles. The van der Waals surface area contributed by atoms with Crippen LogP contribution >= 0.6 is 11.3 Å². The lowest BCUT2D eigenvalue weighted by molar-refractivity contribution is 0.938. The topological polar surface area (TPSA) is 55.0 Å². The second-order valence-corrected chi connectivity index (χ2v) is 5.49. The van der Waals surface area contributed by atoms with E-state index in [0.717, 1.165) is 29.9 Å². The van der Waals surface area contributed by atoms with Crippen molar-refractivity contribution in [2.45, 2.75) is 19.8 Å². The first-order valence-electron chi connectivity index (χ1n) is 6.00. The lowest BCUT2D eigenvalue weighted by Gasteiger charge is -2.11. The molecule has 0 aliphatic rings. The van der Waals surface area contributed by atoms with Crippen molar-refractivity contribution in [2.24, 2.45) is 0 Å². The number of pyridine rings is 1. The molecule has 0 spiro atoms. The van der Waals surface area contributed by atoms with E-state index >= 15 is 0 Å². The molecule has 0 saturated heterocycles. The summed E-state index contributed by atoms with van der Waals surface area (Å²) in [4.78, 5) is 12.1. The lowest BCUT2D eigenvalue weighted by Crippen LogP contribution is -2.10. The highest BCUT2D eigenvalue weighted by Crippen LogP contribution is 2.30. The molecule has 2 aromatic heterocycles. The number of nitrogens with zero attached hydrogens (tertiary/aromatic N) is 3. The summed E-state index contributed by atoms with van der Waals surface area (Å²) in [5.74, 6) is 0.944. The van der Waals surface area contributed by atoms with Crippen LogP contribution in [0.5, 0.6) is 0 Å². The van der Waals surface area contributed by atoms with Crippen LogP contribution in [-0.2, 0) is 6.42 Å². The fraction of sp³-hybridized carbons (Fsp3) is 0.385. The number of aromatic nitrogens is 2. The van der Waals surface area contributed by atoms with Crippen molar-refractivity contribution in [3.63, 3.8) is 0 Å². The molecular weight excluding hydrogens is 244 g/mol. The molecule has 2 heterocycles. The summed E-state index contributed by atoms with van der Waals surface area (Å²) < 4.78 is 0. The summed E-state index contributed by atoms with van der Waals surface area (Å²) in [6.07, 6.45) is 3.97. The minimum atomic E-state index is 0.630. The first-order chi connectivity index (χ1) is 8.61. The van der Waals surface area contributed by atoms with Crippen LogP contribution < -0.4 is 10.6 Å². The molecule has 2 rings (SSSR count). The molecule has 4 nitrogen and oxygen atoms in total. The second kappa shape index (κ2) is 5.35. The fourth-order valence-corrected chi connectivity index (χ4v) is 2.74. The van der Waals surface area contributed by atoms with Crippen LogP contribution in [0, 0.1) is 0 Å². The van der Waals surface area contributed by atoms with E-state index in [1.165, 1.54) is 4.88 Å². The third-order valence-corrected chi connectivity index (χ3v) is 3.61. The Hall–Kier alpha value is -1.62. The van der Waals surface area contributed by atoms with Gasteiger partial charge in [-0.25, -0.2) is 9.97 Å². The minimum Gasteiger partial charge on any atom is -0.375 e. The van der Waals surface area contributed by atoms with Crippen LogP contribution in [0.3, 0.4) is 0 Å². The summed E-state index contributed by atoms with van der Waals surface area (Å²) in [5.41, 5.74) is 7.83. The monoisotopic (exact) mass is 262 g/mol. The number of hydrogen-bond donors (Lipinski definition) is 1. The number of thiazole rings is 1. The van der Waals surface area contributed by atoms with Crippen molar-refractivity contribution in [1.29, 1.82) is 0 Å². The van der Waals surface area contributed by atoms with Crippen LogP contribution in [-0.4, -0.2) is 24.1 Å². The third kappa shape index (κ3) is 2.61. The molecule has 0 fully saturated rings. The zero-order valence-electron chi connectivity index (χ0n) is 11.0. The standard InChI is InChI=1S/C13H18N4S/c1-4-5-10-12(16-13(14)18-10)9-6-7-11(15-8-9)17(2)3/h6-8H,4-5H2,1-3H3,(H2,14,16). The van der Waals surface area contributed by atoms with Crippen LogP contribution in [0.25, 0.3) is 11.3 Å². The number of nitrogens with two attached hydrogens (primary N) is 1. The average Bonchev–Trinajstić information content (AvgIpc) is 2.71. The molecule has 0 unspecified atom stereocenters. The minimum absolute atomic E-state index is 0.630. The Labute approximate surface area is 111 Å². The Balaban J connectivity index is 2.35. The van der Waals surface area contributed by atoms with E-state index in [1.54, 1.807) is 11.3 Å². The Morgan fingerprint density at radius 1 is 1.33 bits per heavy atom. The molecule has 18 heavy (non-hydrogen) atoms. The fourth-order valence-electron chi connectivity index (χ4n) is 1.78. The van der Waals surface area contributed by atoms with Gasteiger partial charge in [0, 0.05) is 30.7 Å². The van der Waals surface area contributed by atoms with Gasteiger partial charge in [-0.2, -0.15) is 0 Å². The predicted molar refractivity (Wildman–Crippen MR) is 78.1 cm³/mol. The van der Waals surface area contributed by atoms with Gasteiger partial charge in [-0.15, -0.1) is 11.3 Å². The normalized spacial score (nSPS) is 10.6. The quantitative estimate of drug-likeness (QED) is 0.920. The summed E-state index contributed by atoms with van der Waals surface area (Å²) in [7, 11) is 3.96. The van der Waals surface area contributed by atoms with E-state index in [0.29, 0.717) is 5.13 Å². The second-order valence-electron chi connectivity index (χ2n) is 4.37. The maximum atomic E-state index is 5.80. The molecule has 2 aromatic rings. The van der Waals surface area contributed by atoms with Crippen LogP contribution in [0.15, 0.2) is 18.3 Å². The van der Waals surface area contributed by atoms with E-state index in [-0.39, 0.29) is 0 Å². The van der Waals surface area contributed by atoms with E-state index in [9.17, 15) is 0 Å². The van der Waals surface area contributed by atoms with E-state index in [1.807, 2.05) is 31.3 Å². The molecular formula is C13H18N4S. The molecule has 0 amide bonds.